The molecule has 4 nitrogen and oxygen atoms in total. The Bertz CT molecular complexity index is 404. The van der Waals surface area contributed by atoms with E-state index in [0.29, 0.717) is 26.1 Å². The van der Waals surface area contributed by atoms with Gasteiger partial charge in [-0.1, -0.05) is 12.1 Å². The molecular weight excluding hydrogens is 232 g/mol. The van der Waals surface area contributed by atoms with Gasteiger partial charge >= 0.3 is 5.97 Å². The Morgan fingerprint density at radius 3 is 2.28 bits per heavy atom. The molecule has 0 unspecified atom stereocenters. The zero-order chi connectivity index (χ0) is 13.0. The molecule has 0 N–H and O–H groups in total. The number of benzene rings is 1. The molecule has 1 aliphatic heterocycles. The molecule has 98 valence electrons. The summed E-state index contributed by atoms with van der Waals surface area (Å²) in [5, 5.41) is 0. The smallest absolute Gasteiger partial charge is 0.316 e. The molecule has 1 fully saturated rings. The summed E-state index contributed by atoms with van der Waals surface area (Å²) in [6.45, 7) is 1.17. The number of methoxy groups -OCH3 is 2. The molecule has 1 aromatic rings. The molecule has 0 atom stereocenters. The van der Waals surface area contributed by atoms with E-state index in [-0.39, 0.29) is 5.97 Å². The van der Waals surface area contributed by atoms with Crippen LogP contribution in [-0.4, -0.2) is 33.4 Å². The van der Waals surface area contributed by atoms with E-state index in [2.05, 4.69) is 0 Å². The lowest BCUT2D eigenvalue weighted by atomic mass is 9.74. The molecule has 1 aromatic carbocycles. The lowest BCUT2D eigenvalue weighted by molar-refractivity contribution is -0.151. The topological polar surface area (TPSA) is 44.8 Å². The van der Waals surface area contributed by atoms with Crippen LogP contribution in [0.1, 0.15) is 18.4 Å². The Morgan fingerprint density at radius 1 is 1.17 bits per heavy atom. The SMILES string of the molecule is COC(=O)C1(c2ccc(OC)cc2)CCOCC1. The van der Waals surface area contributed by atoms with E-state index < -0.39 is 5.41 Å². The van der Waals surface area contributed by atoms with E-state index in [1.807, 2.05) is 24.3 Å². The third kappa shape index (κ3) is 2.20. The zero-order valence-electron chi connectivity index (χ0n) is 10.8. The van der Waals surface area contributed by atoms with Crippen molar-refractivity contribution in [2.45, 2.75) is 18.3 Å². The lowest BCUT2D eigenvalue weighted by Gasteiger charge is -2.34. The van der Waals surface area contributed by atoms with Crippen LogP contribution in [0.15, 0.2) is 24.3 Å². The van der Waals surface area contributed by atoms with Gasteiger partial charge in [-0.15, -0.1) is 0 Å². The molecule has 1 saturated heterocycles. The van der Waals surface area contributed by atoms with Crippen molar-refractivity contribution in [3.8, 4) is 5.75 Å². The summed E-state index contributed by atoms with van der Waals surface area (Å²) in [6.07, 6.45) is 1.32. The average Bonchev–Trinajstić information content (AvgIpc) is 2.47. The molecule has 2 rings (SSSR count). The van der Waals surface area contributed by atoms with Gasteiger partial charge in [0, 0.05) is 13.2 Å². The van der Waals surface area contributed by atoms with Crippen LogP contribution < -0.4 is 4.74 Å². The first-order valence-corrected chi connectivity index (χ1v) is 6.03. The Hall–Kier alpha value is -1.55. The van der Waals surface area contributed by atoms with E-state index in [1.54, 1.807) is 7.11 Å². The van der Waals surface area contributed by atoms with Crippen molar-refractivity contribution in [1.82, 2.24) is 0 Å². The average molecular weight is 250 g/mol. The summed E-state index contributed by atoms with van der Waals surface area (Å²) >= 11 is 0. The summed E-state index contributed by atoms with van der Waals surface area (Å²) in [6, 6.07) is 7.60. The predicted octanol–water partition coefficient (Wildman–Crippen LogP) is 1.92. The van der Waals surface area contributed by atoms with Gasteiger partial charge < -0.3 is 14.2 Å². The number of carbonyl (C=O) groups is 1. The largest absolute Gasteiger partial charge is 0.497 e. The van der Waals surface area contributed by atoms with Crippen molar-refractivity contribution < 1.29 is 19.0 Å². The van der Waals surface area contributed by atoms with Crippen LogP contribution >= 0.6 is 0 Å². The van der Waals surface area contributed by atoms with Gasteiger partial charge in [0.05, 0.1) is 19.6 Å². The predicted molar refractivity (Wildman–Crippen MR) is 66.7 cm³/mol. The summed E-state index contributed by atoms with van der Waals surface area (Å²) in [4.78, 5) is 12.1. The molecule has 1 aliphatic rings. The number of rotatable bonds is 3. The van der Waals surface area contributed by atoms with Crippen LogP contribution in [-0.2, 0) is 19.7 Å². The molecule has 0 saturated carbocycles. The van der Waals surface area contributed by atoms with Gasteiger partial charge in [0.1, 0.15) is 5.75 Å². The second kappa shape index (κ2) is 5.40. The summed E-state index contributed by atoms with van der Waals surface area (Å²) in [5.41, 5.74) is 0.401. The maximum Gasteiger partial charge on any atom is 0.316 e. The van der Waals surface area contributed by atoms with Gasteiger partial charge in [0.15, 0.2) is 0 Å². The third-order valence-electron chi connectivity index (χ3n) is 3.57. The first kappa shape index (κ1) is 12.9. The first-order valence-electron chi connectivity index (χ1n) is 6.03. The fourth-order valence-electron chi connectivity index (χ4n) is 2.44. The molecular formula is C14H18O4. The molecule has 18 heavy (non-hydrogen) atoms. The highest BCUT2D eigenvalue weighted by atomic mass is 16.5. The zero-order valence-corrected chi connectivity index (χ0v) is 10.8. The van der Waals surface area contributed by atoms with Crippen molar-refractivity contribution in [2.24, 2.45) is 0 Å². The molecule has 4 heteroatoms. The van der Waals surface area contributed by atoms with E-state index >= 15 is 0 Å². The van der Waals surface area contributed by atoms with Crippen molar-refractivity contribution in [3.63, 3.8) is 0 Å². The molecule has 0 aliphatic carbocycles. The van der Waals surface area contributed by atoms with Gasteiger partial charge in [-0.3, -0.25) is 4.79 Å². The maximum atomic E-state index is 12.1. The highest BCUT2D eigenvalue weighted by Crippen LogP contribution is 2.36. The summed E-state index contributed by atoms with van der Waals surface area (Å²) in [7, 11) is 3.06. The van der Waals surface area contributed by atoms with Crippen molar-refractivity contribution in [3.05, 3.63) is 29.8 Å². The third-order valence-corrected chi connectivity index (χ3v) is 3.57. The minimum atomic E-state index is -0.570. The molecule has 0 amide bonds. The second-order valence-electron chi connectivity index (χ2n) is 4.41. The van der Waals surface area contributed by atoms with E-state index in [4.69, 9.17) is 14.2 Å². The minimum Gasteiger partial charge on any atom is -0.497 e. The number of esters is 1. The van der Waals surface area contributed by atoms with E-state index in [0.717, 1.165) is 11.3 Å². The first-order chi connectivity index (χ1) is 8.73. The van der Waals surface area contributed by atoms with E-state index in [1.165, 1.54) is 7.11 Å². The second-order valence-corrected chi connectivity index (χ2v) is 4.41. The molecule has 1 heterocycles. The normalized spacial score (nSPS) is 18.1. The Morgan fingerprint density at radius 2 is 1.78 bits per heavy atom. The number of hydrogen-bond donors (Lipinski definition) is 0. The molecule has 0 spiro atoms. The van der Waals surface area contributed by atoms with Gasteiger partial charge in [-0.05, 0) is 30.5 Å². The lowest BCUT2D eigenvalue weighted by Crippen LogP contribution is -2.42. The van der Waals surface area contributed by atoms with E-state index in [9.17, 15) is 4.79 Å². The Balaban J connectivity index is 2.35. The van der Waals surface area contributed by atoms with Crippen LogP contribution in [0.25, 0.3) is 0 Å². The fraction of sp³-hybridized carbons (Fsp3) is 0.500. The minimum absolute atomic E-state index is 0.184. The standard InChI is InChI=1S/C14H18O4/c1-16-12-5-3-11(4-6-12)14(13(15)17-2)7-9-18-10-8-14/h3-6H,7-10H2,1-2H3. The van der Waals surface area contributed by atoms with Gasteiger partial charge in [-0.2, -0.15) is 0 Å². The highest BCUT2D eigenvalue weighted by molar-refractivity contribution is 5.83. The van der Waals surface area contributed by atoms with Crippen molar-refractivity contribution in [1.29, 1.82) is 0 Å². The number of ether oxygens (including phenoxy) is 3. The van der Waals surface area contributed by atoms with Gasteiger partial charge in [0.25, 0.3) is 0 Å². The fourth-order valence-corrected chi connectivity index (χ4v) is 2.44. The van der Waals surface area contributed by atoms with Crippen LogP contribution in [0.2, 0.25) is 0 Å². The highest BCUT2D eigenvalue weighted by Gasteiger charge is 2.42. The molecule has 0 aromatic heterocycles. The maximum absolute atomic E-state index is 12.1. The number of hydrogen-bond acceptors (Lipinski definition) is 4. The quantitative estimate of drug-likeness (QED) is 0.769. The summed E-state index contributed by atoms with van der Waals surface area (Å²) < 4.78 is 15.5. The van der Waals surface area contributed by atoms with Crippen LogP contribution in [0.5, 0.6) is 5.75 Å². The van der Waals surface area contributed by atoms with Crippen LogP contribution in [0.3, 0.4) is 0 Å². The summed E-state index contributed by atoms with van der Waals surface area (Å²) in [5.74, 6) is 0.599. The molecule has 0 bridgehead atoms. The monoisotopic (exact) mass is 250 g/mol. The molecule has 0 radical (unpaired) electrons. The van der Waals surface area contributed by atoms with Crippen LogP contribution in [0, 0.1) is 0 Å². The number of carbonyl (C=O) groups excluding carboxylic acids is 1. The Kier molecular flexibility index (Phi) is 3.87. The van der Waals surface area contributed by atoms with Crippen molar-refractivity contribution in [2.75, 3.05) is 27.4 Å². The van der Waals surface area contributed by atoms with Crippen LogP contribution in [0.4, 0.5) is 0 Å². The Labute approximate surface area is 107 Å². The van der Waals surface area contributed by atoms with Gasteiger partial charge in [0.2, 0.25) is 0 Å². The van der Waals surface area contributed by atoms with Gasteiger partial charge in [-0.25, -0.2) is 0 Å². The van der Waals surface area contributed by atoms with Crippen molar-refractivity contribution >= 4 is 5.97 Å².